The zero-order valence-corrected chi connectivity index (χ0v) is 29.8. The van der Waals surface area contributed by atoms with Crippen LogP contribution in [0.3, 0.4) is 0 Å². The minimum Gasteiger partial charge on any atom is -0.394 e. The van der Waals surface area contributed by atoms with Gasteiger partial charge in [0.2, 0.25) is 5.91 Å². The molecule has 0 radical (unpaired) electrons. The number of amides is 1. The summed E-state index contributed by atoms with van der Waals surface area (Å²) in [7, 11) is 0. The molecule has 0 aromatic carbocycles. The second-order valence-corrected chi connectivity index (χ2v) is 13.1. The molecule has 1 aliphatic heterocycles. The lowest BCUT2D eigenvalue weighted by molar-refractivity contribution is -0.302. The highest BCUT2D eigenvalue weighted by Gasteiger charge is 2.44. The minimum atomic E-state index is -1.61. The van der Waals surface area contributed by atoms with Crippen molar-refractivity contribution in [2.75, 3.05) is 13.2 Å². The highest BCUT2D eigenvalue weighted by atomic mass is 16.7. The first-order valence-corrected chi connectivity index (χ1v) is 18.8. The van der Waals surface area contributed by atoms with Gasteiger partial charge in [0.15, 0.2) is 6.29 Å². The van der Waals surface area contributed by atoms with E-state index in [0.717, 1.165) is 44.9 Å². The molecular formula is C38H69NO9. The topological polar surface area (TPSA) is 169 Å². The largest absolute Gasteiger partial charge is 0.394 e. The Morgan fingerprint density at radius 2 is 1.23 bits per heavy atom. The van der Waals surface area contributed by atoms with Gasteiger partial charge in [0, 0.05) is 0 Å². The zero-order valence-electron chi connectivity index (χ0n) is 29.8. The van der Waals surface area contributed by atoms with Gasteiger partial charge in [-0.1, -0.05) is 115 Å². The maximum Gasteiger partial charge on any atom is 0.249 e. The summed E-state index contributed by atoms with van der Waals surface area (Å²) in [6.07, 6.45) is 22.4. The Bertz CT molecular complexity index is 865. The van der Waals surface area contributed by atoms with E-state index in [1.165, 1.54) is 57.8 Å². The fourth-order valence-corrected chi connectivity index (χ4v) is 5.58. The summed E-state index contributed by atoms with van der Waals surface area (Å²) in [6, 6.07) is -0.997. The maximum atomic E-state index is 12.9. The lowest BCUT2D eigenvalue weighted by Gasteiger charge is -2.40. The molecule has 10 nitrogen and oxygen atoms in total. The molecule has 1 fully saturated rings. The molecule has 0 spiro atoms. The number of hydrogen-bond acceptors (Lipinski definition) is 9. The molecule has 1 rings (SSSR count). The van der Waals surface area contributed by atoms with Crippen LogP contribution in [0.2, 0.25) is 0 Å². The number of carbonyl (C=O) groups is 1. The SMILES string of the molecule is CCCCC/C=C\CCCCCCC(O)C(=O)NC(COC1OC(CO)C(O)C(O)C1O)C(O)/C=C/CC/C=C/CCCCCCCC. The lowest BCUT2D eigenvalue weighted by Crippen LogP contribution is -2.60. The number of ether oxygens (including phenoxy) is 2. The van der Waals surface area contributed by atoms with Gasteiger partial charge in [-0.15, -0.1) is 0 Å². The average molecular weight is 684 g/mol. The van der Waals surface area contributed by atoms with E-state index in [-0.39, 0.29) is 13.0 Å². The summed E-state index contributed by atoms with van der Waals surface area (Å²) >= 11 is 0. The van der Waals surface area contributed by atoms with Gasteiger partial charge < -0.3 is 45.4 Å². The fraction of sp³-hybridized carbons (Fsp3) is 0.816. The number of aliphatic hydroxyl groups excluding tert-OH is 6. The summed E-state index contributed by atoms with van der Waals surface area (Å²) in [5.74, 6) is -0.641. The van der Waals surface area contributed by atoms with Gasteiger partial charge in [-0.2, -0.15) is 0 Å². The third-order valence-corrected chi connectivity index (χ3v) is 8.79. The van der Waals surface area contributed by atoms with Crippen molar-refractivity contribution in [1.29, 1.82) is 0 Å². The molecule has 1 saturated heterocycles. The summed E-state index contributed by atoms with van der Waals surface area (Å²) in [4.78, 5) is 12.9. The van der Waals surface area contributed by atoms with Crippen molar-refractivity contribution in [2.45, 2.75) is 185 Å². The Morgan fingerprint density at radius 1 is 0.708 bits per heavy atom. The first kappa shape index (κ1) is 44.4. The van der Waals surface area contributed by atoms with Crippen LogP contribution in [0.4, 0.5) is 0 Å². The second kappa shape index (κ2) is 29.1. The van der Waals surface area contributed by atoms with Crippen LogP contribution in [0.25, 0.3) is 0 Å². The monoisotopic (exact) mass is 683 g/mol. The van der Waals surface area contributed by atoms with E-state index < -0.39 is 61.5 Å². The minimum absolute atomic E-state index is 0.288. The van der Waals surface area contributed by atoms with E-state index in [1.807, 2.05) is 6.08 Å². The van der Waals surface area contributed by atoms with Gasteiger partial charge in [-0.3, -0.25) is 4.79 Å². The Balaban J connectivity index is 2.59. The summed E-state index contributed by atoms with van der Waals surface area (Å²) in [6.45, 7) is 3.49. The third kappa shape index (κ3) is 20.1. The molecule has 8 atom stereocenters. The molecule has 280 valence electrons. The Labute approximate surface area is 290 Å². The van der Waals surface area contributed by atoms with E-state index in [0.29, 0.717) is 12.8 Å². The molecule has 48 heavy (non-hydrogen) atoms. The van der Waals surface area contributed by atoms with Crippen LogP contribution in [0.1, 0.15) is 136 Å². The van der Waals surface area contributed by atoms with Gasteiger partial charge in [0.05, 0.1) is 25.4 Å². The van der Waals surface area contributed by atoms with Gasteiger partial charge in [-0.05, 0) is 57.8 Å². The predicted molar refractivity (Wildman–Crippen MR) is 190 cm³/mol. The number of hydrogen-bond donors (Lipinski definition) is 7. The molecule has 0 saturated carbocycles. The fourth-order valence-electron chi connectivity index (χ4n) is 5.58. The lowest BCUT2D eigenvalue weighted by atomic mass is 9.99. The number of aliphatic hydroxyl groups is 6. The first-order chi connectivity index (χ1) is 23.3. The van der Waals surface area contributed by atoms with Gasteiger partial charge in [0.25, 0.3) is 0 Å². The Hall–Kier alpha value is -1.63. The Morgan fingerprint density at radius 3 is 1.85 bits per heavy atom. The van der Waals surface area contributed by atoms with E-state index in [2.05, 4.69) is 43.5 Å². The summed E-state index contributed by atoms with van der Waals surface area (Å²) in [5.41, 5.74) is 0. The smallest absolute Gasteiger partial charge is 0.249 e. The number of unbranched alkanes of at least 4 members (excludes halogenated alkanes) is 14. The molecule has 0 aromatic heterocycles. The van der Waals surface area contributed by atoms with Crippen molar-refractivity contribution in [3.05, 3.63) is 36.5 Å². The Kier molecular flexibility index (Phi) is 26.9. The van der Waals surface area contributed by atoms with Crippen LogP contribution in [0.15, 0.2) is 36.5 Å². The molecule has 0 aromatic rings. The summed E-state index contributed by atoms with van der Waals surface area (Å²) in [5, 5.41) is 64.1. The number of carbonyl (C=O) groups excluding carboxylic acids is 1. The molecule has 8 unspecified atom stereocenters. The maximum absolute atomic E-state index is 12.9. The van der Waals surface area contributed by atoms with Crippen LogP contribution in [-0.2, 0) is 14.3 Å². The molecular weight excluding hydrogens is 614 g/mol. The molecule has 1 amide bonds. The number of nitrogens with one attached hydrogen (secondary N) is 1. The van der Waals surface area contributed by atoms with E-state index >= 15 is 0 Å². The van der Waals surface area contributed by atoms with E-state index in [1.54, 1.807) is 6.08 Å². The molecule has 10 heteroatoms. The zero-order chi connectivity index (χ0) is 35.4. The highest BCUT2D eigenvalue weighted by Crippen LogP contribution is 2.22. The van der Waals surface area contributed by atoms with Gasteiger partial charge >= 0.3 is 0 Å². The summed E-state index contributed by atoms with van der Waals surface area (Å²) < 4.78 is 11.0. The first-order valence-electron chi connectivity index (χ1n) is 18.8. The van der Waals surface area contributed by atoms with Crippen molar-refractivity contribution in [3.8, 4) is 0 Å². The molecule has 1 aliphatic rings. The number of rotatable bonds is 29. The number of allylic oxidation sites excluding steroid dienone is 5. The average Bonchev–Trinajstić information content (AvgIpc) is 3.08. The van der Waals surface area contributed by atoms with Crippen LogP contribution in [-0.4, -0.2) is 98.7 Å². The van der Waals surface area contributed by atoms with Gasteiger partial charge in [0.1, 0.15) is 30.5 Å². The molecule has 7 N–H and O–H groups in total. The van der Waals surface area contributed by atoms with Crippen LogP contribution < -0.4 is 5.32 Å². The van der Waals surface area contributed by atoms with E-state index in [9.17, 15) is 35.4 Å². The molecule has 0 aliphatic carbocycles. The van der Waals surface area contributed by atoms with Crippen LogP contribution in [0.5, 0.6) is 0 Å². The van der Waals surface area contributed by atoms with Gasteiger partial charge in [-0.25, -0.2) is 0 Å². The van der Waals surface area contributed by atoms with Crippen LogP contribution in [0, 0.1) is 0 Å². The van der Waals surface area contributed by atoms with Crippen molar-refractivity contribution < 1.29 is 44.9 Å². The van der Waals surface area contributed by atoms with Crippen molar-refractivity contribution in [1.82, 2.24) is 5.32 Å². The van der Waals surface area contributed by atoms with E-state index in [4.69, 9.17) is 9.47 Å². The van der Waals surface area contributed by atoms with Crippen LogP contribution >= 0.6 is 0 Å². The van der Waals surface area contributed by atoms with Crippen molar-refractivity contribution in [2.24, 2.45) is 0 Å². The van der Waals surface area contributed by atoms with Crippen molar-refractivity contribution >= 4 is 5.91 Å². The normalized spacial score (nSPS) is 23.7. The highest BCUT2D eigenvalue weighted by molar-refractivity contribution is 5.80. The van der Waals surface area contributed by atoms with Crippen molar-refractivity contribution in [3.63, 3.8) is 0 Å². The standard InChI is InChI=1S/C38H69NO9/c1-3-5-7-9-11-13-15-17-18-20-22-24-26-31(41)30(29-47-38-36(45)35(44)34(43)33(28-40)48-38)39-37(46)32(42)27-25-23-21-19-16-14-12-10-8-6-4-2/h12,14,17-18,24,26,30-36,38,40-45H,3-11,13,15-16,19-23,25,27-29H2,1-2H3,(H,39,46)/b14-12-,18-17+,26-24+. The molecule has 1 heterocycles. The quantitative estimate of drug-likeness (QED) is 0.0418. The second-order valence-electron chi connectivity index (χ2n) is 13.1. The predicted octanol–water partition coefficient (Wildman–Crippen LogP) is 5.13. The third-order valence-electron chi connectivity index (χ3n) is 8.79. The molecule has 0 bridgehead atoms.